The maximum absolute atomic E-state index is 12.1. The van der Waals surface area contributed by atoms with Crippen molar-refractivity contribution >= 4 is 35.6 Å². The zero-order valence-corrected chi connectivity index (χ0v) is 14.1. The van der Waals surface area contributed by atoms with E-state index in [0.717, 1.165) is 31.5 Å². The van der Waals surface area contributed by atoms with Gasteiger partial charge in [-0.1, -0.05) is 35.5 Å². The van der Waals surface area contributed by atoms with Crippen LogP contribution in [0, 0.1) is 0 Å². The monoisotopic (exact) mass is 336 g/mol. The average molecular weight is 336 g/mol. The van der Waals surface area contributed by atoms with Gasteiger partial charge in [0.1, 0.15) is 12.8 Å². The molecule has 2 aliphatic rings. The molecule has 2 fully saturated rings. The molecule has 118 valence electrons. The minimum atomic E-state index is -0.0455. The van der Waals surface area contributed by atoms with Crippen molar-refractivity contribution in [3.8, 4) is 0 Å². The van der Waals surface area contributed by atoms with E-state index in [1.807, 2.05) is 35.2 Å². The minimum absolute atomic E-state index is 0.0455. The van der Waals surface area contributed by atoms with Crippen molar-refractivity contribution in [2.75, 3.05) is 24.6 Å². The first-order valence-corrected chi connectivity index (χ1v) is 9.51. The van der Waals surface area contributed by atoms with E-state index in [9.17, 15) is 4.79 Å². The van der Waals surface area contributed by atoms with Gasteiger partial charge >= 0.3 is 0 Å². The Morgan fingerprint density at radius 2 is 1.91 bits per heavy atom. The summed E-state index contributed by atoms with van der Waals surface area (Å²) in [6.07, 6.45) is 3.45. The molecule has 0 N–H and O–H groups in total. The summed E-state index contributed by atoms with van der Waals surface area (Å²) < 4.78 is 0.373. The molecule has 3 rings (SSSR count). The summed E-state index contributed by atoms with van der Waals surface area (Å²) in [6.45, 7) is 2.04. The number of hydrogen-bond acceptors (Lipinski definition) is 5. The van der Waals surface area contributed by atoms with Crippen LogP contribution >= 0.6 is 23.5 Å². The maximum atomic E-state index is 12.1. The third-order valence-corrected chi connectivity index (χ3v) is 7.61. The molecular weight excluding hydrogens is 316 g/mol. The van der Waals surface area contributed by atoms with E-state index < -0.39 is 0 Å². The Morgan fingerprint density at radius 1 is 1.23 bits per heavy atom. The van der Waals surface area contributed by atoms with Crippen molar-refractivity contribution in [3.63, 3.8) is 0 Å². The normalized spacial score (nSPS) is 20.6. The molecule has 1 aromatic carbocycles. The Bertz CT molecular complexity index is 520. The summed E-state index contributed by atoms with van der Waals surface area (Å²) in [5.41, 5.74) is 1.04. The molecule has 0 atom stereocenters. The van der Waals surface area contributed by atoms with Gasteiger partial charge in [-0.25, -0.2) is 0 Å². The first-order valence-electron chi connectivity index (χ1n) is 7.54. The number of oxime groups is 1. The lowest BCUT2D eigenvalue weighted by atomic mass is 10.1. The molecule has 2 saturated heterocycles. The quantitative estimate of drug-likeness (QED) is 0.626. The average Bonchev–Trinajstić information content (AvgIpc) is 3.01. The third kappa shape index (κ3) is 3.98. The molecule has 1 amide bonds. The van der Waals surface area contributed by atoms with E-state index in [1.54, 1.807) is 0 Å². The van der Waals surface area contributed by atoms with Gasteiger partial charge in [-0.3, -0.25) is 4.79 Å². The number of hydrogen-bond donors (Lipinski definition) is 0. The van der Waals surface area contributed by atoms with Crippen molar-refractivity contribution < 1.29 is 9.63 Å². The molecule has 0 aliphatic carbocycles. The smallest absolute Gasteiger partial charge is 0.268 e. The Morgan fingerprint density at radius 3 is 2.59 bits per heavy atom. The molecule has 1 aromatic rings. The van der Waals surface area contributed by atoms with Crippen molar-refractivity contribution in [2.24, 2.45) is 5.16 Å². The predicted molar refractivity (Wildman–Crippen MR) is 93.2 cm³/mol. The van der Waals surface area contributed by atoms with E-state index in [-0.39, 0.29) is 5.91 Å². The van der Waals surface area contributed by atoms with Gasteiger partial charge < -0.3 is 9.74 Å². The molecule has 2 heterocycles. The highest BCUT2D eigenvalue weighted by atomic mass is 32.2. The predicted octanol–water partition coefficient (Wildman–Crippen LogP) is 2.99. The number of carbonyl (C=O) groups excluding carboxylic acids is 1. The summed E-state index contributed by atoms with van der Waals surface area (Å²) in [6, 6.07) is 9.81. The van der Waals surface area contributed by atoms with Gasteiger partial charge in [0.2, 0.25) is 0 Å². The van der Waals surface area contributed by atoms with E-state index in [0.29, 0.717) is 10.7 Å². The third-order valence-electron chi connectivity index (χ3n) is 3.96. The Balaban J connectivity index is 1.41. The number of thioether (sulfide) groups is 2. The molecular formula is C16H20N2O2S2. The fourth-order valence-corrected chi connectivity index (χ4v) is 5.89. The number of amides is 1. The molecule has 1 spiro atoms. The molecule has 2 aliphatic heterocycles. The van der Waals surface area contributed by atoms with Gasteiger partial charge in [-0.15, -0.1) is 23.5 Å². The van der Waals surface area contributed by atoms with E-state index in [1.165, 1.54) is 17.7 Å². The highest BCUT2D eigenvalue weighted by Gasteiger charge is 2.39. The van der Waals surface area contributed by atoms with Gasteiger partial charge in [-0.2, -0.15) is 0 Å². The number of carbonyl (C=O) groups is 1. The minimum Gasteiger partial charge on any atom is -0.391 e. The highest BCUT2D eigenvalue weighted by Crippen LogP contribution is 2.50. The van der Waals surface area contributed by atoms with Crippen LogP contribution in [0.4, 0.5) is 0 Å². The largest absolute Gasteiger partial charge is 0.391 e. The first kappa shape index (κ1) is 15.7. The van der Waals surface area contributed by atoms with Gasteiger partial charge in [0, 0.05) is 24.6 Å². The lowest BCUT2D eigenvalue weighted by molar-refractivity contribution is -0.124. The number of likely N-dealkylation sites (tertiary alicyclic amines) is 1. The fourth-order valence-electron chi connectivity index (χ4n) is 2.70. The van der Waals surface area contributed by atoms with Crippen molar-refractivity contribution in [3.05, 3.63) is 35.9 Å². The van der Waals surface area contributed by atoms with Gasteiger partial charge in [0.15, 0.2) is 0 Å². The number of benzene rings is 1. The van der Waals surface area contributed by atoms with Gasteiger partial charge in [-0.05, 0) is 18.4 Å². The van der Waals surface area contributed by atoms with Crippen LogP contribution in [0.1, 0.15) is 18.4 Å². The molecule has 22 heavy (non-hydrogen) atoms. The number of piperidine rings is 1. The molecule has 4 nitrogen and oxygen atoms in total. The Labute approximate surface area is 139 Å². The van der Waals surface area contributed by atoms with Crippen LogP contribution in [0.5, 0.6) is 0 Å². The lowest BCUT2D eigenvalue weighted by Crippen LogP contribution is -2.43. The van der Waals surface area contributed by atoms with Gasteiger partial charge in [0.05, 0.1) is 4.08 Å². The summed E-state index contributed by atoms with van der Waals surface area (Å²) in [5, 5.41) is 3.80. The van der Waals surface area contributed by atoms with E-state index in [2.05, 4.69) is 28.7 Å². The highest BCUT2D eigenvalue weighted by molar-refractivity contribution is 8.21. The number of rotatable bonds is 4. The zero-order chi connectivity index (χ0) is 15.3. The van der Waals surface area contributed by atoms with Crippen LogP contribution < -0.4 is 0 Å². The van der Waals surface area contributed by atoms with E-state index >= 15 is 0 Å². The Kier molecular flexibility index (Phi) is 5.31. The molecule has 0 unspecified atom stereocenters. The van der Waals surface area contributed by atoms with Crippen LogP contribution in [0.3, 0.4) is 0 Å². The summed E-state index contributed by atoms with van der Waals surface area (Å²) in [7, 11) is 0. The molecule has 0 bridgehead atoms. The van der Waals surface area contributed by atoms with E-state index in [4.69, 9.17) is 4.84 Å². The first-order chi connectivity index (χ1) is 10.8. The van der Waals surface area contributed by atoms with Gasteiger partial charge in [0.25, 0.3) is 5.91 Å². The molecule has 6 heteroatoms. The van der Waals surface area contributed by atoms with Crippen molar-refractivity contribution in [1.29, 1.82) is 0 Å². The van der Waals surface area contributed by atoms with Crippen LogP contribution in [-0.2, 0) is 16.2 Å². The summed E-state index contributed by atoms with van der Waals surface area (Å²) >= 11 is 4.13. The maximum Gasteiger partial charge on any atom is 0.268 e. The second kappa shape index (κ2) is 7.42. The van der Waals surface area contributed by atoms with Crippen molar-refractivity contribution in [1.82, 2.24) is 4.90 Å². The fraction of sp³-hybridized carbons (Fsp3) is 0.500. The molecule has 0 aromatic heterocycles. The second-order valence-corrected chi connectivity index (χ2v) is 8.64. The van der Waals surface area contributed by atoms with Crippen LogP contribution in [0.25, 0.3) is 0 Å². The second-order valence-electron chi connectivity index (χ2n) is 5.43. The topological polar surface area (TPSA) is 41.9 Å². The lowest BCUT2D eigenvalue weighted by Gasteiger charge is -2.37. The summed E-state index contributed by atoms with van der Waals surface area (Å²) in [5.74, 6) is 2.44. The van der Waals surface area contributed by atoms with Crippen LogP contribution in [0.2, 0.25) is 0 Å². The van der Waals surface area contributed by atoms with Crippen LogP contribution in [0.15, 0.2) is 35.5 Å². The standard InChI is InChI=1S/C16H20N2O2S2/c19-15(12-17-20-13-14-4-2-1-3-5-14)18-8-6-16(7-9-18)21-10-11-22-16/h1-5,12H,6-11,13H2/b17-12+. The SMILES string of the molecule is O=C(/C=N/OCc1ccccc1)N1CCC2(CC1)SCCS2. The summed E-state index contributed by atoms with van der Waals surface area (Å²) in [4.78, 5) is 19.2. The zero-order valence-electron chi connectivity index (χ0n) is 12.4. The molecule has 0 saturated carbocycles. The Hall–Kier alpha value is -1.14. The number of nitrogens with zero attached hydrogens (tertiary/aromatic N) is 2. The van der Waals surface area contributed by atoms with Crippen LogP contribution in [-0.4, -0.2) is 45.7 Å². The molecule has 0 radical (unpaired) electrons. The van der Waals surface area contributed by atoms with Crippen molar-refractivity contribution in [2.45, 2.75) is 23.5 Å².